The van der Waals surface area contributed by atoms with Gasteiger partial charge in [-0.3, -0.25) is 4.79 Å². The molecule has 0 aliphatic carbocycles. The Kier molecular flexibility index (Phi) is 4.46. The van der Waals surface area contributed by atoms with Crippen LogP contribution in [0.2, 0.25) is 0 Å². The van der Waals surface area contributed by atoms with Gasteiger partial charge in [0.25, 0.3) is 5.91 Å². The zero-order valence-corrected chi connectivity index (χ0v) is 12.7. The summed E-state index contributed by atoms with van der Waals surface area (Å²) in [7, 11) is 5.26. The van der Waals surface area contributed by atoms with E-state index < -0.39 is 0 Å². The minimum atomic E-state index is -0.0436. The van der Waals surface area contributed by atoms with E-state index in [2.05, 4.69) is 5.32 Å². The molecule has 0 radical (unpaired) electrons. The van der Waals surface area contributed by atoms with E-state index in [0.717, 1.165) is 22.4 Å². The predicted octanol–water partition coefficient (Wildman–Crippen LogP) is 1.78. The molecule has 2 aromatic rings. The number of hydrogen-bond donors (Lipinski definition) is 2. The average Bonchev–Trinajstić information content (AvgIpc) is 2.80. The Morgan fingerprint density at radius 1 is 1.50 bits per heavy atom. The first-order valence-corrected chi connectivity index (χ1v) is 7.16. The highest BCUT2D eigenvalue weighted by atomic mass is 32.1. The zero-order valence-electron chi connectivity index (χ0n) is 11.9. The Hall–Kier alpha value is -1.79. The summed E-state index contributed by atoms with van der Waals surface area (Å²) in [6.07, 6.45) is 0. The van der Waals surface area contributed by atoms with E-state index in [-0.39, 0.29) is 5.91 Å². The molecule has 20 heavy (non-hydrogen) atoms. The lowest BCUT2D eigenvalue weighted by atomic mass is 10.2. The van der Waals surface area contributed by atoms with E-state index in [1.54, 1.807) is 19.1 Å². The molecular formula is C14H19N3O2S. The number of methoxy groups -OCH3 is 1. The second-order valence-electron chi connectivity index (χ2n) is 4.54. The van der Waals surface area contributed by atoms with Gasteiger partial charge in [-0.25, -0.2) is 0 Å². The highest BCUT2D eigenvalue weighted by molar-refractivity contribution is 7.21. The van der Waals surface area contributed by atoms with Crippen LogP contribution < -0.4 is 15.8 Å². The van der Waals surface area contributed by atoms with Gasteiger partial charge in [0, 0.05) is 30.2 Å². The summed E-state index contributed by atoms with van der Waals surface area (Å²) >= 11 is 1.41. The van der Waals surface area contributed by atoms with Crippen molar-refractivity contribution < 1.29 is 9.53 Å². The summed E-state index contributed by atoms with van der Waals surface area (Å²) in [5.41, 5.74) is 6.65. The van der Waals surface area contributed by atoms with Crippen LogP contribution in [0.25, 0.3) is 10.1 Å². The molecule has 1 aromatic carbocycles. The van der Waals surface area contributed by atoms with Gasteiger partial charge >= 0.3 is 0 Å². The number of anilines is 1. The number of nitrogens with two attached hydrogens (primary N) is 1. The molecule has 0 unspecified atom stereocenters. The van der Waals surface area contributed by atoms with Crippen molar-refractivity contribution in [3.63, 3.8) is 0 Å². The maximum Gasteiger partial charge on any atom is 0.265 e. The normalized spacial score (nSPS) is 10.8. The third kappa shape index (κ3) is 2.71. The lowest BCUT2D eigenvalue weighted by Gasteiger charge is -2.16. The number of likely N-dealkylation sites (N-methyl/N-ethyl adjacent to an activating group) is 2. The van der Waals surface area contributed by atoms with Crippen LogP contribution in [-0.2, 0) is 0 Å². The molecule has 0 saturated heterocycles. The molecule has 0 aliphatic rings. The SMILES string of the molecule is CNCCN(C)C(=O)c1sc2cc(OC)ccc2c1N. The predicted molar refractivity (Wildman–Crippen MR) is 83.7 cm³/mol. The van der Waals surface area contributed by atoms with E-state index in [1.807, 2.05) is 25.2 Å². The fourth-order valence-electron chi connectivity index (χ4n) is 1.94. The largest absolute Gasteiger partial charge is 0.497 e. The van der Waals surface area contributed by atoms with Gasteiger partial charge in [-0.05, 0) is 25.2 Å². The van der Waals surface area contributed by atoms with Crippen molar-refractivity contribution >= 4 is 33.0 Å². The Morgan fingerprint density at radius 3 is 2.90 bits per heavy atom. The maximum atomic E-state index is 12.4. The third-order valence-electron chi connectivity index (χ3n) is 3.17. The summed E-state index contributed by atoms with van der Waals surface area (Å²) in [5.74, 6) is 0.721. The molecule has 1 aromatic heterocycles. The van der Waals surface area contributed by atoms with Crippen molar-refractivity contribution in [3.8, 4) is 5.75 Å². The number of nitrogens with one attached hydrogen (secondary N) is 1. The first kappa shape index (κ1) is 14.6. The number of benzene rings is 1. The first-order valence-electron chi connectivity index (χ1n) is 6.34. The standard InChI is InChI=1S/C14H19N3O2S/c1-16-6-7-17(2)14(18)13-12(15)10-5-4-9(19-3)8-11(10)20-13/h4-5,8,16H,6-7,15H2,1-3H3. The Bertz CT molecular complexity index is 624. The molecule has 0 spiro atoms. The molecule has 1 amide bonds. The van der Waals surface area contributed by atoms with E-state index in [0.29, 0.717) is 17.1 Å². The maximum absolute atomic E-state index is 12.4. The van der Waals surface area contributed by atoms with E-state index in [1.165, 1.54) is 11.3 Å². The number of thiophene rings is 1. The van der Waals surface area contributed by atoms with Gasteiger partial charge in [0.2, 0.25) is 0 Å². The van der Waals surface area contributed by atoms with Gasteiger partial charge in [0.15, 0.2) is 0 Å². The van der Waals surface area contributed by atoms with Crippen LogP contribution >= 0.6 is 11.3 Å². The molecule has 5 nitrogen and oxygen atoms in total. The number of amides is 1. The van der Waals surface area contributed by atoms with Gasteiger partial charge in [-0.15, -0.1) is 11.3 Å². The number of carbonyl (C=O) groups is 1. The topological polar surface area (TPSA) is 67.6 Å². The fraction of sp³-hybridized carbons (Fsp3) is 0.357. The zero-order chi connectivity index (χ0) is 14.7. The quantitative estimate of drug-likeness (QED) is 0.882. The number of carbonyl (C=O) groups excluding carboxylic acids is 1. The molecule has 0 aliphatic heterocycles. The Balaban J connectivity index is 2.34. The summed E-state index contributed by atoms with van der Waals surface area (Å²) in [5, 5.41) is 3.93. The number of nitrogen functional groups attached to an aromatic ring is 1. The Labute approximate surface area is 122 Å². The Morgan fingerprint density at radius 2 is 2.25 bits per heavy atom. The molecule has 6 heteroatoms. The van der Waals surface area contributed by atoms with Gasteiger partial charge in [0.05, 0.1) is 12.8 Å². The van der Waals surface area contributed by atoms with Crippen LogP contribution in [-0.4, -0.2) is 45.1 Å². The van der Waals surface area contributed by atoms with Crippen molar-refractivity contribution in [2.75, 3.05) is 40.0 Å². The second-order valence-corrected chi connectivity index (χ2v) is 5.59. The van der Waals surface area contributed by atoms with Crippen LogP contribution in [0.5, 0.6) is 5.75 Å². The van der Waals surface area contributed by atoms with Crippen molar-refractivity contribution in [2.24, 2.45) is 0 Å². The van der Waals surface area contributed by atoms with Crippen molar-refractivity contribution in [3.05, 3.63) is 23.1 Å². The van der Waals surface area contributed by atoms with Crippen LogP contribution in [0.15, 0.2) is 18.2 Å². The number of nitrogens with zero attached hydrogens (tertiary/aromatic N) is 1. The van der Waals surface area contributed by atoms with E-state index in [9.17, 15) is 4.79 Å². The minimum absolute atomic E-state index is 0.0436. The first-order chi connectivity index (χ1) is 9.58. The molecule has 0 bridgehead atoms. The molecule has 2 rings (SSSR count). The smallest absolute Gasteiger partial charge is 0.265 e. The van der Waals surface area contributed by atoms with Crippen LogP contribution in [0.3, 0.4) is 0 Å². The molecule has 3 N–H and O–H groups in total. The summed E-state index contributed by atoms with van der Waals surface area (Å²) in [6.45, 7) is 1.40. The number of ether oxygens (including phenoxy) is 1. The summed E-state index contributed by atoms with van der Waals surface area (Å²) in [6, 6.07) is 5.65. The van der Waals surface area contributed by atoms with Gasteiger partial charge in [0.1, 0.15) is 10.6 Å². The molecule has 0 atom stereocenters. The van der Waals surface area contributed by atoms with Gasteiger partial charge in [-0.2, -0.15) is 0 Å². The minimum Gasteiger partial charge on any atom is -0.497 e. The molecular weight excluding hydrogens is 274 g/mol. The van der Waals surface area contributed by atoms with E-state index >= 15 is 0 Å². The number of rotatable bonds is 5. The summed E-state index contributed by atoms with van der Waals surface area (Å²) in [4.78, 5) is 14.7. The van der Waals surface area contributed by atoms with Crippen molar-refractivity contribution in [1.29, 1.82) is 0 Å². The monoisotopic (exact) mass is 293 g/mol. The van der Waals surface area contributed by atoms with Crippen molar-refractivity contribution in [1.82, 2.24) is 10.2 Å². The van der Waals surface area contributed by atoms with Gasteiger partial charge in [-0.1, -0.05) is 0 Å². The lowest BCUT2D eigenvalue weighted by molar-refractivity contribution is 0.0802. The number of fused-ring (bicyclic) bond motifs is 1. The molecule has 108 valence electrons. The van der Waals surface area contributed by atoms with E-state index in [4.69, 9.17) is 10.5 Å². The average molecular weight is 293 g/mol. The van der Waals surface area contributed by atoms with Crippen molar-refractivity contribution in [2.45, 2.75) is 0 Å². The molecule has 1 heterocycles. The third-order valence-corrected chi connectivity index (χ3v) is 4.33. The lowest BCUT2D eigenvalue weighted by Crippen LogP contribution is -2.32. The highest BCUT2D eigenvalue weighted by Gasteiger charge is 2.19. The van der Waals surface area contributed by atoms with Crippen LogP contribution in [0, 0.1) is 0 Å². The second kappa shape index (κ2) is 6.11. The van der Waals surface area contributed by atoms with Crippen LogP contribution in [0.1, 0.15) is 9.67 Å². The highest BCUT2D eigenvalue weighted by Crippen LogP contribution is 2.36. The molecule has 0 fully saturated rings. The fourth-order valence-corrected chi connectivity index (χ4v) is 3.08. The molecule has 0 saturated carbocycles. The van der Waals surface area contributed by atoms with Gasteiger partial charge < -0.3 is 20.7 Å². The summed E-state index contributed by atoms with van der Waals surface area (Å²) < 4.78 is 6.16. The van der Waals surface area contributed by atoms with Crippen LogP contribution in [0.4, 0.5) is 5.69 Å². The number of hydrogen-bond acceptors (Lipinski definition) is 5.